The Morgan fingerprint density at radius 1 is 1.08 bits per heavy atom. The van der Waals surface area contributed by atoms with Gasteiger partial charge in [-0.3, -0.25) is 9.48 Å². The number of amides is 1. The monoisotopic (exact) mass is 528 g/mol. The number of piperidine rings is 1. The standard InChI is InChI=1S/C33H44N4O2/c1-23(2)21-36-14-12-26(13-15-36)7-6-16-39-32-11-9-27(18-25(32)4)33(38)37-22-29-20-34-35(5)31(29)19-28-17-24(3)8-10-30(28)37/h8-11,17-18,20,23,26H,6-7,12-16,19,21-22H2,1-5H3. The van der Waals surface area contributed by atoms with E-state index in [0.717, 1.165) is 65.1 Å². The fourth-order valence-electron chi connectivity index (χ4n) is 6.23. The Morgan fingerprint density at radius 2 is 1.87 bits per heavy atom. The third-order valence-corrected chi connectivity index (χ3v) is 8.37. The molecule has 0 radical (unpaired) electrons. The van der Waals surface area contributed by atoms with Gasteiger partial charge in [0.05, 0.1) is 19.3 Å². The zero-order chi connectivity index (χ0) is 27.5. The third-order valence-electron chi connectivity index (χ3n) is 8.37. The molecule has 0 spiro atoms. The van der Waals surface area contributed by atoms with Crippen molar-refractivity contribution in [1.82, 2.24) is 14.7 Å². The molecule has 0 atom stereocenters. The molecule has 5 rings (SSSR count). The first-order valence-corrected chi connectivity index (χ1v) is 14.7. The summed E-state index contributed by atoms with van der Waals surface area (Å²) in [4.78, 5) is 18.4. The second kappa shape index (κ2) is 12.0. The fourth-order valence-corrected chi connectivity index (χ4v) is 6.23. The van der Waals surface area contributed by atoms with Crippen LogP contribution in [0.15, 0.2) is 42.6 Å². The second-order valence-corrected chi connectivity index (χ2v) is 12.0. The topological polar surface area (TPSA) is 50.6 Å². The molecule has 2 aliphatic rings. The van der Waals surface area contributed by atoms with Crippen LogP contribution in [0, 0.1) is 25.7 Å². The minimum Gasteiger partial charge on any atom is -0.493 e. The summed E-state index contributed by atoms with van der Waals surface area (Å²) in [5.41, 5.74) is 7.29. The maximum Gasteiger partial charge on any atom is 0.258 e. The highest BCUT2D eigenvalue weighted by Crippen LogP contribution is 2.33. The van der Waals surface area contributed by atoms with E-state index in [2.05, 4.69) is 49.0 Å². The molecule has 0 saturated carbocycles. The highest BCUT2D eigenvalue weighted by atomic mass is 16.5. The maximum absolute atomic E-state index is 13.9. The second-order valence-electron chi connectivity index (χ2n) is 12.0. The number of carbonyl (C=O) groups is 1. The number of hydrogen-bond donors (Lipinski definition) is 0. The molecule has 6 nitrogen and oxygen atoms in total. The van der Waals surface area contributed by atoms with Gasteiger partial charge in [0, 0.05) is 42.5 Å². The van der Waals surface area contributed by atoms with Crippen molar-refractivity contribution in [2.45, 2.75) is 66.3 Å². The van der Waals surface area contributed by atoms with Gasteiger partial charge in [-0.1, -0.05) is 31.5 Å². The zero-order valence-corrected chi connectivity index (χ0v) is 24.4. The van der Waals surface area contributed by atoms with Crippen molar-refractivity contribution < 1.29 is 9.53 Å². The summed E-state index contributed by atoms with van der Waals surface area (Å²) in [6.07, 6.45) is 7.59. The average molecular weight is 529 g/mol. The van der Waals surface area contributed by atoms with Crippen molar-refractivity contribution in [2.75, 3.05) is 31.1 Å². The summed E-state index contributed by atoms with van der Waals surface area (Å²) in [5.74, 6) is 2.45. The Hall–Kier alpha value is -3.12. The molecule has 1 saturated heterocycles. The molecule has 3 aromatic rings. The van der Waals surface area contributed by atoms with Crippen molar-refractivity contribution in [3.63, 3.8) is 0 Å². The number of aryl methyl sites for hydroxylation is 3. The molecule has 0 bridgehead atoms. The summed E-state index contributed by atoms with van der Waals surface area (Å²) in [5, 5.41) is 4.47. The van der Waals surface area contributed by atoms with Crippen LogP contribution in [0.1, 0.15) is 77.8 Å². The predicted octanol–water partition coefficient (Wildman–Crippen LogP) is 6.32. The summed E-state index contributed by atoms with van der Waals surface area (Å²) in [6, 6.07) is 12.2. The summed E-state index contributed by atoms with van der Waals surface area (Å²) in [7, 11) is 1.98. The number of benzene rings is 2. The van der Waals surface area contributed by atoms with E-state index in [1.54, 1.807) is 0 Å². The van der Waals surface area contributed by atoms with E-state index < -0.39 is 0 Å². The molecule has 39 heavy (non-hydrogen) atoms. The molecule has 1 fully saturated rings. The highest BCUT2D eigenvalue weighted by Gasteiger charge is 2.27. The number of ether oxygens (including phenoxy) is 1. The molecule has 2 aliphatic heterocycles. The van der Waals surface area contributed by atoms with Crippen LogP contribution in [-0.2, 0) is 20.0 Å². The van der Waals surface area contributed by atoms with Crippen LogP contribution in [0.4, 0.5) is 5.69 Å². The van der Waals surface area contributed by atoms with Gasteiger partial charge in [0.25, 0.3) is 5.91 Å². The molecule has 208 valence electrons. The summed E-state index contributed by atoms with van der Waals surface area (Å²) >= 11 is 0. The molecule has 1 amide bonds. The lowest BCUT2D eigenvalue weighted by Crippen LogP contribution is -2.36. The average Bonchev–Trinajstić information content (AvgIpc) is 3.15. The Kier molecular flexibility index (Phi) is 8.41. The Labute approximate surface area is 234 Å². The zero-order valence-electron chi connectivity index (χ0n) is 24.4. The van der Waals surface area contributed by atoms with Crippen molar-refractivity contribution >= 4 is 11.6 Å². The largest absolute Gasteiger partial charge is 0.493 e. The van der Waals surface area contributed by atoms with Crippen LogP contribution in [0.3, 0.4) is 0 Å². The first-order valence-electron chi connectivity index (χ1n) is 14.7. The van der Waals surface area contributed by atoms with E-state index in [-0.39, 0.29) is 5.91 Å². The van der Waals surface area contributed by atoms with Crippen molar-refractivity contribution in [3.05, 3.63) is 76.1 Å². The SMILES string of the molecule is Cc1ccc2c(c1)Cc1c(cnn1C)CN2C(=O)c1ccc(OCCCC2CCN(CC(C)C)CC2)c(C)c1. The minimum atomic E-state index is 0.00950. The predicted molar refractivity (Wildman–Crippen MR) is 158 cm³/mol. The number of fused-ring (bicyclic) bond motifs is 2. The van der Waals surface area contributed by atoms with Gasteiger partial charge in [0.1, 0.15) is 5.75 Å². The van der Waals surface area contributed by atoms with E-state index in [1.807, 2.05) is 47.9 Å². The van der Waals surface area contributed by atoms with Gasteiger partial charge in [0.15, 0.2) is 0 Å². The van der Waals surface area contributed by atoms with Crippen molar-refractivity contribution in [1.29, 1.82) is 0 Å². The van der Waals surface area contributed by atoms with E-state index in [0.29, 0.717) is 12.1 Å². The Balaban J connectivity index is 1.20. The van der Waals surface area contributed by atoms with E-state index in [9.17, 15) is 4.79 Å². The quantitative estimate of drug-likeness (QED) is 0.321. The maximum atomic E-state index is 13.9. The molecule has 1 aromatic heterocycles. The third kappa shape index (κ3) is 6.38. The molecule has 0 unspecified atom stereocenters. The minimum absolute atomic E-state index is 0.00950. The van der Waals surface area contributed by atoms with Crippen LogP contribution in [-0.4, -0.2) is 46.8 Å². The van der Waals surface area contributed by atoms with Crippen molar-refractivity contribution in [2.24, 2.45) is 18.9 Å². The Morgan fingerprint density at radius 3 is 2.62 bits per heavy atom. The van der Waals surface area contributed by atoms with E-state index in [4.69, 9.17) is 4.74 Å². The smallest absolute Gasteiger partial charge is 0.258 e. The van der Waals surface area contributed by atoms with Crippen LogP contribution in [0.2, 0.25) is 0 Å². The van der Waals surface area contributed by atoms with Crippen molar-refractivity contribution in [3.8, 4) is 5.75 Å². The van der Waals surface area contributed by atoms with Gasteiger partial charge in [-0.05, 0) is 99.8 Å². The number of anilines is 1. The lowest BCUT2D eigenvalue weighted by atomic mass is 9.92. The molecule has 3 heterocycles. The first-order chi connectivity index (χ1) is 18.8. The van der Waals surface area contributed by atoms with Gasteiger partial charge in [0.2, 0.25) is 0 Å². The number of nitrogens with zero attached hydrogens (tertiary/aromatic N) is 4. The lowest BCUT2D eigenvalue weighted by Gasteiger charge is -2.33. The van der Waals surface area contributed by atoms with Gasteiger partial charge in [-0.15, -0.1) is 0 Å². The summed E-state index contributed by atoms with van der Waals surface area (Å²) < 4.78 is 8.11. The van der Waals surface area contributed by atoms with Crippen LogP contribution >= 0.6 is 0 Å². The van der Waals surface area contributed by atoms with Gasteiger partial charge in [-0.25, -0.2) is 0 Å². The molecule has 0 N–H and O–H groups in total. The van der Waals surface area contributed by atoms with Gasteiger partial charge in [-0.2, -0.15) is 5.10 Å². The van der Waals surface area contributed by atoms with Gasteiger partial charge < -0.3 is 14.5 Å². The van der Waals surface area contributed by atoms with Crippen LogP contribution < -0.4 is 9.64 Å². The normalized spacial score (nSPS) is 16.2. The fraction of sp³-hybridized carbons (Fsp3) is 0.515. The number of hydrogen-bond acceptors (Lipinski definition) is 4. The molecule has 6 heteroatoms. The molecular weight excluding hydrogens is 484 g/mol. The summed E-state index contributed by atoms with van der Waals surface area (Å²) in [6.45, 7) is 13.7. The first kappa shape index (κ1) is 27.4. The number of aromatic nitrogens is 2. The lowest BCUT2D eigenvalue weighted by molar-refractivity contribution is 0.0985. The van der Waals surface area contributed by atoms with Gasteiger partial charge >= 0.3 is 0 Å². The number of carbonyl (C=O) groups excluding carboxylic acids is 1. The highest BCUT2D eigenvalue weighted by molar-refractivity contribution is 6.06. The van der Waals surface area contributed by atoms with Crippen LogP contribution in [0.5, 0.6) is 5.75 Å². The number of likely N-dealkylation sites (tertiary alicyclic amines) is 1. The van der Waals surface area contributed by atoms with E-state index >= 15 is 0 Å². The Bertz CT molecular complexity index is 1300. The molecular formula is C33H44N4O2. The van der Waals surface area contributed by atoms with E-state index in [1.165, 1.54) is 44.5 Å². The van der Waals surface area contributed by atoms with Crippen LogP contribution in [0.25, 0.3) is 0 Å². The molecule has 0 aliphatic carbocycles. The number of rotatable bonds is 8. The molecule has 2 aromatic carbocycles.